The molecule has 0 bridgehead atoms. The summed E-state index contributed by atoms with van der Waals surface area (Å²) in [7, 11) is 3.90. The van der Waals surface area contributed by atoms with Gasteiger partial charge in [0.15, 0.2) is 0 Å². The van der Waals surface area contributed by atoms with E-state index in [0.717, 1.165) is 16.9 Å². The van der Waals surface area contributed by atoms with Crippen molar-refractivity contribution < 1.29 is 4.39 Å². The van der Waals surface area contributed by atoms with E-state index in [4.69, 9.17) is 11.6 Å². The molecule has 0 heterocycles. The van der Waals surface area contributed by atoms with Gasteiger partial charge in [0.2, 0.25) is 0 Å². The lowest BCUT2D eigenvalue weighted by Gasteiger charge is -2.15. The maximum Gasteiger partial charge on any atom is 0.123 e. The molecule has 2 rings (SSSR count). The zero-order valence-electron chi connectivity index (χ0n) is 11.0. The fourth-order valence-corrected chi connectivity index (χ4v) is 2.14. The van der Waals surface area contributed by atoms with E-state index >= 15 is 0 Å². The summed E-state index contributed by atoms with van der Waals surface area (Å²) in [6.45, 7) is 0.637. The van der Waals surface area contributed by atoms with Crippen molar-refractivity contribution in [2.24, 2.45) is 0 Å². The van der Waals surface area contributed by atoms with Crippen LogP contribution < -0.4 is 10.2 Å². The molecule has 2 aromatic carbocycles. The molecular formula is C15H16ClFN2. The maximum absolute atomic E-state index is 12.8. The first-order valence-electron chi connectivity index (χ1n) is 6.01. The molecule has 0 amide bonds. The summed E-state index contributed by atoms with van der Waals surface area (Å²) < 4.78 is 12.8. The standard InChI is InChI=1S/C15H16ClFN2/c1-19(2)15-8-7-13(9-14(15)16)18-10-11-3-5-12(17)6-4-11/h3-9,18H,10H2,1-2H3. The van der Waals surface area contributed by atoms with E-state index in [1.165, 1.54) is 12.1 Å². The van der Waals surface area contributed by atoms with Crippen LogP contribution in [0.15, 0.2) is 42.5 Å². The van der Waals surface area contributed by atoms with Gasteiger partial charge in [0.05, 0.1) is 10.7 Å². The number of hydrogen-bond acceptors (Lipinski definition) is 2. The van der Waals surface area contributed by atoms with Crippen molar-refractivity contribution in [1.29, 1.82) is 0 Å². The molecule has 0 aliphatic heterocycles. The quantitative estimate of drug-likeness (QED) is 0.903. The summed E-state index contributed by atoms with van der Waals surface area (Å²) >= 11 is 6.20. The van der Waals surface area contributed by atoms with Gasteiger partial charge in [-0.05, 0) is 35.9 Å². The second kappa shape index (κ2) is 5.93. The molecule has 2 aromatic rings. The zero-order valence-corrected chi connectivity index (χ0v) is 11.7. The Hall–Kier alpha value is -1.74. The van der Waals surface area contributed by atoms with Crippen LogP contribution in [0.3, 0.4) is 0 Å². The van der Waals surface area contributed by atoms with Gasteiger partial charge in [-0.3, -0.25) is 0 Å². The lowest BCUT2D eigenvalue weighted by Crippen LogP contribution is -2.09. The van der Waals surface area contributed by atoms with Gasteiger partial charge < -0.3 is 10.2 Å². The molecule has 4 heteroatoms. The minimum Gasteiger partial charge on any atom is -0.381 e. The van der Waals surface area contributed by atoms with Crippen LogP contribution in [0.5, 0.6) is 0 Å². The third kappa shape index (κ3) is 3.61. The first-order chi connectivity index (χ1) is 9.06. The van der Waals surface area contributed by atoms with Gasteiger partial charge in [0.25, 0.3) is 0 Å². The minimum atomic E-state index is -0.220. The third-order valence-electron chi connectivity index (χ3n) is 2.84. The van der Waals surface area contributed by atoms with Crippen LogP contribution in [0.2, 0.25) is 5.02 Å². The smallest absolute Gasteiger partial charge is 0.123 e. The van der Waals surface area contributed by atoms with Crippen molar-refractivity contribution in [2.75, 3.05) is 24.3 Å². The molecule has 1 N–H and O–H groups in total. The molecule has 19 heavy (non-hydrogen) atoms. The number of anilines is 2. The van der Waals surface area contributed by atoms with Gasteiger partial charge in [-0.1, -0.05) is 23.7 Å². The Labute approximate surface area is 117 Å². The van der Waals surface area contributed by atoms with Crippen LogP contribution in [0, 0.1) is 5.82 Å². The molecule has 0 radical (unpaired) electrons. The molecule has 0 atom stereocenters. The molecule has 0 spiro atoms. The highest BCUT2D eigenvalue weighted by molar-refractivity contribution is 6.33. The minimum absolute atomic E-state index is 0.220. The Morgan fingerprint density at radius 2 is 1.79 bits per heavy atom. The van der Waals surface area contributed by atoms with E-state index in [9.17, 15) is 4.39 Å². The molecule has 0 aromatic heterocycles. The second-order valence-corrected chi connectivity index (χ2v) is 4.95. The third-order valence-corrected chi connectivity index (χ3v) is 3.14. The highest BCUT2D eigenvalue weighted by atomic mass is 35.5. The van der Waals surface area contributed by atoms with Crippen LogP contribution in [-0.2, 0) is 6.54 Å². The predicted molar refractivity (Wildman–Crippen MR) is 79.5 cm³/mol. The molecule has 0 saturated heterocycles. The molecule has 2 nitrogen and oxygen atoms in total. The van der Waals surface area contributed by atoms with Crippen molar-refractivity contribution >= 4 is 23.0 Å². The average Bonchev–Trinajstić information content (AvgIpc) is 2.37. The van der Waals surface area contributed by atoms with Crippen LogP contribution >= 0.6 is 11.6 Å². The van der Waals surface area contributed by atoms with E-state index in [0.29, 0.717) is 11.6 Å². The highest BCUT2D eigenvalue weighted by Gasteiger charge is 2.03. The van der Waals surface area contributed by atoms with E-state index in [1.54, 1.807) is 12.1 Å². The van der Waals surface area contributed by atoms with Gasteiger partial charge in [-0.25, -0.2) is 4.39 Å². The molecule has 0 saturated carbocycles. The fraction of sp³-hybridized carbons (Fsp3) is 0.200. The lowest BCUT2D eigenvalue weighted by molar-refractivity contribution is 0.627. The van der Waals surface area contributed by atoms with Crippen molar-refractivity contribution in [3.63, 3.8) is 0 Å². The Bertz CT molecular complexity index is 553. The molecule has 0 aliphatic carbocycles. The lowest BCUT2D eigenvalue weighted by atomic mass is 10.2. The van der Waals surface area contributed by atoms with Gasteiger partial charge in [-0.2, -0.15) is 0 Å². The van der Waals surface area contributed by atoms with Crippen molar-refractivity contribution in [2.45, 2.75) is 6.54 Å². The number of hydrogen-bond donors (Lipinski definition) is 1. The highest BCUT2D eigenvalue weighted by Crippen LogP contribution is 2.27. The summed E-state index contributed by atoms with van der Waals surface area (Å²) in [5.74, 6) is -0.220. The second-order valence-electron chi connectivity index (χ2n) is 4.54. The topological polar surface area (TPSA) is 15.3 Å². The Balaban J connectivity index is 2.04. The van der Waals surface area contributed by atoms with Crippen molar-refractivity contribution in [3.8, 4) is 0 Å². The normalized spacial score (nSPS) is 10.3. The molecule has 100 valence electrons. The molecule has 0 unspecified atom stereocenters. The Kier molecular flexibility index (Phi) is 4.27. The molecular weight excluding hydrogens is 263 g/mol. The average molecular weight is 279 g/mol. The Morgan fingerprint density at radius 3 is 2.37 bits per heavy atom. The van der Waals surface area contributed by atoms with Gasteiger partial charge in [0.1, 0.15) is 5.82 Å². The Morgan fingerprint density at radius 1 is 1.11 bits per heavy atom. The van der Waals surface area contributed by atoms with E-state index < -0.39 is 0 Å². The summed E-state index contributed by atoms with van der Waals surface area (Å²) in [4.78, 5) is 1.96. The molecule has 0 fully saturated rings. The van der Waals surface area contributed by atoms with Crippen LogP contribution in [0.4, 0.5) is 15.8 Å². The van der Waals surface area contributed by atoms with Crippen LogP contribution in [0.25, 0.3) is 0 Å². The first kappa shape index (κ1) is 13.7. The fourth-order valence-electron chi connectivity index (χ4n) is 1.79. The number of nitrogens with zero attached hydrogens (tertiary/aromatic N) is 1. The first-order valence-corrected chi connectivity index (χ1v) is 6.39. The predicted octanol–water partition coefficient (Wildman–Crippen LogP) is 4.16. The number of benzene rings is 2. The monoisotopic (exact) mass is 278 g/mol. The summed E-state index contributed by atoms with van der Waals surface area (Å²) in [5.41, 5.74) is 2.95. The van der Waals surface area contributed by atoms with Gasteiger partial charge in [0, 0.05) is 26.3 Å². The summed E-state index contributed by atoms with van der Waals surface area (Å²) in [6, 6.07) is 12.3. The summed E-state index contributed by atoms with van der Waals surface area (Å²) in [5, 5.41) is 3.96. The summed E-state index contributed by atoms with van der Waals surface area (Å²) in [6.07, 6.45) is 0. The van der Waals surface area contributed by atoms with Crippen molar-refractivity contribution in [3.05, 3.63) is 58.9 Å². The van der Waals surface area contributed by atoms with E-state index in [-0.39, 0.29) is 5.82 Å². The van der Waals surface area contributed by atoms with Crippen molar-refractivity contribution in [1.82, 2.24) is 0 Å². The van der Waals surface area contributed by atoms with E-state index in [1.807, 2.05) is 37.2 Å². The maximum atomic E-state index is 12.8. The number of rotatable bonds is 4. The zero-order chi connectivity index (χ0) is 13.8. The number of nitrogens with one attached hydrogen (secondary N) is 1. The van der Waals surface area contributed by atoms with Crippen LogP contribution in [-0.4, -0.2) is 14.1 Å². The SMILES string of the molecule is CN(C)c1ccc(NCc2ccc(F)cc2)cc1Cl. The van der Waals surface area contributed by atoms with E-state index in [2.05, 4.69) is 5.32 Å². The van der Waals surface area contributed by atoms with Crippen LogP contribution in [0.1, 0.15) is 5.56 Å². The van der Waals surface area contributed by atoms with Gasteiger partial charge in [-0.15, -0.1) is 0 Å². The number of halogens is 2. The van der Waals surface area contributed by atoms with Gasteiger partial charge >= 0.3 is 0 Å². The molecule has 0 aliphatic rings. The largest absolute Gasteiger partial charge is 0.381 e.